The van der Waals surface area contributed by atoms with Crippen LogP contribution < -0.4 is 5.73 Å². The molecular weight excluding hydrogens is 233 g/mol. The Kier molecular flexibility index (Phi) is 4.10. The molecule has 0 aliphatic carbocycles. The highest BCUT2D eigenvalue weighted by Gasteiger charge is 2.25. The lowest BCUT2D eigenvalue weighted by Crippen LogP contribution is -2.27. The monoisotopic (exact) mass is 253 g/mol. The summed E-state index contributed by atoms with van der Waals surface area (Å²) < 4.78 is 14.0. The molecule has 1 aromatic rings. The van der Waals surface area contributed by atoms with E-state index in [1.165, 1.54) is 12.8 Å². The van der Waals surface area contributed by atoms with Crippen LogP contribution in [0.4, 0.5) is 4.39 Å². The maximum absolute atomic E-state index is 14.0. The predicted octanol–water partition coefficient (Wildman–Crippen LogP) is 3.73. The summed E-state index contributed by atoms with van der Waals surface area (Å²) in [6.07, 6.45) is 3.60. The molecule has 1 heterocycles. The van der Waals surface area contributed by atoms with Gasteiger partial charge in [-0.3, -0.25) is 0 Å². The Bertz CT molecular complexity index is 376. The van der Waals surface area contributed by atoms with E-state index in [-0.39, 0.29) is 11.9 Å². The number of hydrogen-bond acceptors (Lipinski definition) is 2. The lowest BCUT2D eigenvalue weighted by Gasteiger charge is -2.28. The number of benzene rings is 1. The number of hydrogen-bond donors (Lipinski definition) is 1. The molecule has 1 aromatic carbocycles. The Labute approximate surface area is 107 Å². The Balaban J connectivity index is 2.26. The van der Waals surface area contributed by atoms with Gasteiger partial charge in [-0.25, -0.2) is 4.39 Å². The van der Waals surface area contributed by atoms with Crippen molar-refractivity contribution in [1.82, 2.24) is 0 Å². The molecule has 2 rings (SSSR count). The minimum absolute atomic E-state index is 0.138. The summed E-state index contributed by atoms with van der Waals surface area (Å²) in [5, 5.41) is 0.375. The third-order valence-corrected chi connectivity index (χ3v) is 4.91. The molecule has 1 aliphatic rings. The van der Waals surface area contributed by atoms with E-state index in [0.717, 1.165) is 28.9 Å². The van der Waals surface area contributed by atoms with Crippen LogP contribution >= 0.6 is 11.8 Å². The molecule has 2 atom stereocenters. The van der Waals surface area contributed by atoms with E-state index >= 15 is 0 Å². The highest BCUT2D eigenvalue weighted by molar-refractivity contribution is 8.00. The summed E-state index contributed by atoms with van der Waals surface area (Å²) in [5.41, 5.74) is 8.93. The van der Waals surface area contributed by atoms with E-state index in [9.17, 15) is 4.39 Å². The van der Waals surface area contributed by atoms with E-state index in [2.05, 4.69) is 0 Å². The number of thioether (sulfide) groups is 1. The van der Waals surface area contributed by atoms with Gasteiger partial charge in [0.2, 0.25) is 0 Å². The maximum atomic E-state index is 14.0. The zero-order valence-electron chi connectivity index (χ0n) is 10.5. The molecule has 0 aromatic heterocycles. The zero-order chi connectivity index (χ0) is 12.4. The third kappa shape index (κ3) is 2.83. The van der Waals surface area contributed by atoms with E-state index < -0.39 is 0 Å². The quantitative estimate of drug-likeness (QED) is 0.869. The summed E-state index contributed by atoms with van der Waals surface area (Å²) in [5.74, 6) is 1.02. The first kappa shape index (κ1) is 12.9. The summed E-state index contributed by atoms with van der Waals surface area (Å²) in [4.78, 5) is 0. The highest BCUT2D eigenvalue weighted by atomic mass is 32.2. The predicted molar refractivity (Wildman–Crippen MR) is 72.9 cm³/mol. The van der Waals surface area contributed by atoms with Crippen LogP contribution in [0, 0.1) is 19.7 Å². The van der Waals surface area contributed by atoms with E-state index in [1.807, 2.05) is 31.7 Å². The molecule has 0 spiro atoms. The molecule has 17 heavy (non-hydrogen) atoms. The van der Waals surface area contributed by atoms with Gasteiger partial charge in [0.25, 0.3) is 0 Å². The van der Waals surface area contributed by atoms with Crippen molar-refractivity contribution in [1.29, 1.82) is 0 Å². The van der Waals surface area contributed by atoms with Gasteiger partial charge >= 0.3 is 0 Å². The number of aryl methyl sites for hydroxylation is 2. The summed E-state index contributed by atoms with van der Waals surface area (Å²) in [7, 11) is 0. The van der Waals surface area contributed by atoms with Crippen LogP contribution in [0.1, 0.15) is 42.0 Å². The van der Waals surface area contributed by atoms with Crippen molar-refractivity contribution in [3.8, 4) is 0 Å². The molecule has 3 heteroatoms. The summed E-state index contributed by atoms with van der Waals surface area (Å²) >= 11 is 1.90. The third-order valence-electron chi connectivity index (χ3n) is 3.43. The van der Waals surface area contributed by atoms with Crippen LogP contribution in [0.3, 0.4) is 0 Å². The second-order valence-corrected chi connectivity index (χ2v) is 6.26. The van der Waals surface area contributed by atoms with Crippen LogP contribution in [-0.4, -0.2) is 11.0 Å². The van der Waals surface area contributed by atoms with Crippen LogP contribution in [0.25, 0.3) is 0 Å². The smallest absolute Gasteiger partial charge is 0.128 e. The molecule has 1 nitrogen and oxygen atoms in total. The van der Waals surface area contributed by atoms with Crippen molar-refractivity contribution < 1.29 is 4.39 Å². The molecule has 1 aliphatic heterocycles. The zero-order valence-corrected chi connectivity index (χ0v) is 11.3. The second kappa shape index (κ2) is 5.40. The molecule has 2 N–H and O–H groups in total. The normalized spacial score (nSPS) is 22.5. The Morgan fingerprint density at radius 1 is 1.35 bits per heavy atom. The van der Waals surface area contributed by atoms with Gasteiger partial charge in [0.1, 0.15) is 5.82 Å². The lowest BCUT2D eigenvalue weighted by atomic mass is 9.94. The SMILES string of the molecule is Cc1cc(C)c(C(N)C2CCCCS2)c(F)c1. The van der Waals surface area contributed by atoms with Gasteiger partial charge in [-0.15, -0.1) is 0 Å². The van der Waals surface area contributed by atoms with Crippen molar-refractivity contribution in [3.05, 3.63) is 34.6 Å². The molecule has 0 radical (unpaired) electrons. The molecule has 0 bridgehead atoms. The minimum Gasteiger partial charge on any atom is -0.323 e. The standard InChI is InChI=1S/C14H20FNS/c1-9-7-10(2)13(11(15)8-9)14(16)12-5-3-4-6-17-12/h7-8,12,14H,3-6,16H2,1-2H3. The first-order valence-electron chi connectivity index (χ1n) is 6.23. The first-order valence-corrected chi connectivity index (χ1v) is 7.28. The maximum Gasteiger partial charge on any atom is 0.128 e. The van der Waals surface area contributed by atoms with Crippen LogP contribution in [0.2, 0.25) is 0 Å². The van der Waals surface area contributed by atoms with Crippen LogP contribution in [-0.2, 0) is 0 Å². The molecule has 1 saturated heterocycles. The largest absolute Gasteiger partial charge is 0.323 e. The fourth-order valence-electron chi connectivity index (χ4n) is 2.58. The van der Waals surface area contributed by atoms with E-state index in [0.29, 0.717) is 5.25 Å². The second-order valence-electron chi connectivity index (χ2n) is 4.91. The highest BCUT2D eigenvalue weighted by Crippen LogP contribution is 2.35. The topological polar surface area (TPSA) is 26.0 Å². The molecule has 94 valence electrons. The van der Waals surface area contributed by atoms with Crippen molar-refractivity contribution in [2.24, 2.45) is 5.73 Å². The van der Waals surface area contributed by atoms with Crippen molar-refractivity contribution in [3.63, 3.8) is 0 Å². The first-order chi connectivity index (χ1) is 8.09. The van der Waals surface area contributed by atoms with Gasteiger partial charge < -0.3 is 5.73 Å². The number of rotatable bonds is 2. The van der Waals surface area contributed by atoms with E-state index in [1.54, 1.807) is 6.07 Å². The fourth-order valence-corrected chi connectivity index (χ4v) is 3.93. The molecule has 0 saturated carbocycles. The molecule has 0 amide bonds. The fraction of sp³-hybridized carbons (Fsp3) is 0.571. The molecule has 1 fully saturated rings. The lowest BCUT2D eigenvalue weighted by molar-refractivity contribution is 0.537. The van der Waals surface area contributed by atoms with E-state index in [4.69, 9.17) is 5.73 Å². The molecular formula is C14H20FNS. The van der Waals surface area contributed by atoms with Crippen molar-refractivity contribution in [2.75, 3.05) is 5.75 Å². The van der Waals surface area contributed by atoms with Gasteiger partial charge in [0.05, 0.1) is 0 Å². The number of halogens is 1. The average Bonchev–Trinajstić information content (AvgIpc) is 2.28. The van der Waals surface area contributed by atoms with Gasteiger partial charge in [-0.05, 0) is 49.6 Å². The van der Waals surface area contributed by atoms with Crippen LogP contribution in [0.15, 0.2) is 12.1 Å². The van der Waals surface area contributed by atoms with Crippen molar-refractivity contribution in [2.45, 2.75) is 44.4 Å². The van der Waals surface area contributed by atoms with Gasteiger partial charge in [-0.2, -0.15) is 11.8 Å². The Hall–Kier alpha value is -0.540. The van der Waals surface area contributed by atoms with Crippen LogP contribution in [0.5, 0.6) is 0 Å². The minimum atomic E-state index is -0.166. The Morgan fingerprint density at radius 2 is 2.12 bits per heavy atom. The summed E-state index contributed by atoms with van der Waals surface area (Å²) in [6.45, 7) is 3.87. The molecule has 2 unspecified atom stereocenters. The Morgan fingerprint density at radius 3 is 2.71 bits per heavy atom. The van der Waals surface area contributed by atoms with Gasteiger partial charge in [-0.1, -0.05) is 12.5 Å². The van der Waals surface area contributed by atoms with Gasteiger partial charge in [0.15, 0.2) is 0 Å². The van der Waals surface area contributed by atoms with Gasteiger partial charge in [0, 0.05) is 16.9 Å². The number of nitrogens with two attached hydrogens (primary N) is 1. The van der Waals surface area contributed by atoms with Crippen molar-refractivity contribution >= 4 is 11.8 Å². The average molecular weight is 253 g/mol. The summed E-state index contributed by atoms with van der Waals surface area (Å²) in [6, 6.07) is 3.45.